The van der Waals surface area contributed by atoms with Gasteiger partial charge in [0.2, 0.25) is 5.91 Å². The van der Waals surface area contributed by atoms with E-state index in [-0.39, 0.29) is 16.9 Å². The van der Waals surface area contributed by atoms with Gasteiger partial charge in [-0.2, -0.15) is 0 Å². The zero-order chi connectivity index (χ0) is 16.2. The Morgan fingerprint density at radius 1 is 1.36 bits per heavy atom. The van der Waals surface area contributed by atoms with Crippen LogP contribution >= 0.6 is 0 Å². The summed E-state index contributed by atoms with van der Waals surface area (Å²) in [6, 6.07) is 4.81. The van der Waals surface area contributed by atoms with Crippen molar-refractivity contribution in [3.8, 4) is 5.75 Å². The third-order valence-corrected chi connectivity index (χ3v) is 4.68. The lowest BCUT2D eigenvalue weighted by Gasteiger charge is -2.39. The molecule has 1 aliphatic carbocycles. The quantitative estimate of drug-likeness (QED) is 0.812. The van der Waals surface area contributed by atoms with Crippen molar-refractivity contribution in [1.82, 2.24) is 5.32 Å². The number of rotatable bonds is 7. The summed E-state index contributed by atoms with van der Waals surface area (Å²) in [6.07, 6.45) is 4.59. The van der Waals surface area contributed by atoms with Crippen LogP contribution in [0.25, 0.3) is 0 Å². The second-order valence-corrected chi connectivity index (χ2v) is 5.83. The highest BCUT2D eigenvalue weighted by Crippen LogP contribution is 2.43. The number of carboxylic acids is 1. The number of benzene rings is 1. The number of carboxylic acid groups (broad SMARTS) is 1. The molecule has 1 saturated carbocycles. The van der Waals surface area contributed by atoms with Gasteiger partial charge in [-0.05, 0) is 43.4 Å². The average molecular weight is 305 g/mol. The molecule has 1 fully saturated rings. The van der Waals surface area contributed by atoms with Gasteiger partial charge in [-0.25, -0.2) is 4.79 Å². The summed E-state index contributed by atoms with van der Waals surface area (Å²) in [5.74, 6) is -0.293. The normalized spacial score (nSPS) is 15.7. The first-order chi connectivity index (χ1) is 10.5. The molecule has 0 radical (unpaired) electrons. The van der Waals surface area contributed by atoms with Crippen molar-refractivity contribution in [2.75, 3.05) is 13.7 Å². The molecule has 1 aromatic carbocycles. The second-order valence-electron chi connectivity index (χ2n) is 5.83. The number of nitrogens with one attached hydrogen (secondary N) is 1. The number of ether oxygens (including phenoxy) is 1. The molecule has 1 amide bonds. The number of methoxy groups -OCH3 is 1. The lowest BCUT2D eigenvalue weighted by atomic mass is 9.66. The number of carbonyl (C=O) groups is 2. The summed E-state index contributed by atoms with van der Waals surface area (Å²) in [5, 5.41) is 12.0. The smallest absolute Gasteiger partial charge is 0.335 e. The van der Waals surface area contributed by atoms with Crippen molar-refractivity contribution in [3.05, 3.63) is 29.3 Å². The second kappa shape index (κ2) is 6.81. The third-order valence-electron chi connectivity index (χ3n) is 4.68. The van der Waals surface area contributed by atoms with Gasteiger partial charge in [0, 0.05) is 12.0 Å². The molecule has 0 heterocycles. The molecule has 22 heavy (non-hydrogen) atoms. The number of hydrogen-bond acceptors (Lipinski definition) is 3. The van der Waals surface area contributed by atoms with Crippen LogP contribution in [0.15, 0.2) is 18.2 Å². The molecule has 1 aromatic rings. The van der Waals surface area contributed by atoms with Crippen LogP contribution in [-0.2, 0) is 11.2 Å². The zero-order valence-electron chi connectivity index (χ0n) is 13.1. The van der Waals surface area contributed by atoms with Crippen LogP contribution in [0.3, 0.4) is 0 Å². The minimum Gasteiger partial charge on any atom is -0.496 e. The molecule has 0 aliphatic heterocycles. The monoisotopic (exact) mass is 305 g/mol. The van der Waals surface area contributed by atoms with Gasteiger partial charge in [0.15, 0.2) is 0 Å². The number of hydrogen-bond donors (Lipinski definition) is 2. The van der Waals surface area contributed by atoms with Crippen molar-refractivity contribution in [2.24, 2.45) is 5.41 Å². The van der Waals surface area contributed by atoms with E-state index in [0.717, 1.165) is 31.2 Å². The Morgan fingerprint density at radius 3 is 2.59 bits per heavy atom. The fourth-order valence-corrected chi connectivity index (χ4v) is 2.93. The Kier molecular flexibility index (Phi) is 5.06. The molecular weight excluding hydrogens is 282 g/mol. The van der Waals surface area contributed by atoms with Gasteiger partial charge >= 0.3 is 5.97 Å². The molecule has 0 aromatic heterocycles. The van der Waals surface area contributed by atoms with Gasteiger partial charge < -0.3 is 15.2 Å². The Hall–Kier alpha value is -2.04. The van der Waals surface area contributed by atoms with Gasteiger partial charge in [0.1, 0.15) is 5.75 Å². The summed E-state index contributed by atoms with van der Waals surface area (Å²) in [6.45, 7) is 2.59. The average Bonchev–Trinajstić information content (AvgIpc) is 2.46. The predicted octanol–water partition coefficient (Wildman–Crippen LogP) is 2.63. The lowest BCUT2D eigenvalue weighted by molar-refractivity contribution is -0.136. The summed E-state index contributed by atoms with van der Waals surface area (Å²) >= 11 is 0. The Balaban J connectivity index is 1.94. The summed E-state index contributed by atoms with van der Waals surface area (Å²) < 4.78 is 5.24. The van der Waals surface area contributed by atoms with Crippen LogP contribution in [0.2, 0.25) is 0 Å². The maximum atomic E-state index is 12.2. The molecule has 2 rings (SSSR count). The lowest BCUT2D eigenvalue weighted by Crippen LogP contribution is -2.45. The molecule has 0 bridgehead atoms. The van der Waals surface area contributed by atoms with Crippen molar-refractivity contribution >= 4 is 11.9 Å². The van der Waals surface area contributed by atoms with E-state index in [0.29, 0.717) is 18.7 Å². The fourth-order valence-electron chi connectivity index (χ4n) is 2.93. The number of carbonyl (C=O) groups excluding carboxylic acids is 1. The topological polar surface area (TPSA) is 75.6 Å². The highest BCUT2D eigenvalue weighted by Gasteiger charge is 2.41. The highest BCUT2D eigenvalue weighted by molar-refractivity contribution is 5.88. The zero-order valence-corrected chi connectivity index (χ0v) is 13.1. The van der Waals surface area contributed by atoms with E-state index in [1.54, 1.807) is 12.1 Å². The van der Waals surface area contributed by atoms with Crippen LogP contribution in [0.4, 0.5) is 0 Å². The van der Waals surface area contributed by atoms with Gasteiger partial charge in [-0.15, -0.1) is 0 Å². The first-order valence-electron chi connectivity index (χ1n) is 7.71. The van der Waals surface area contributed by atoms with Crippen molar-refractivity contribution in [2.45, 2.75) is 39.0 Å². The molecule has 0 spiro atoms. The SMILES string of the molecule is CCC1(C(=O)NCCc2ccc(C(=O)O)cc2OC)CCC1. The fraction of sp³-hybridized carbons (Fsp3) is 0.529. The molecule has 1 aliphatic rings. The van der Waals surface area contributed by atoms with Gasteiger partial charge in [-0.3, -0.25) is 4.79 Å². The summed E-state index contributed by atoms with van der Waals surface area (Å²) in [7, 11) is 1.52. The molecule has 120 valence electrons. The summed E-state index contributed by atoms with van der Waals surface area (Å²) in [5.41, 5.74) is 0.938. The largest absolute Gasteiger partial charge is 0.496 e. The van der Waals surface area contributed by atoms with Crippen molar-refractivity contribution < 1.29 is 19.4 Å². The van der Waals surface area contributed by atoms with Crippen LogP contribution in [-0.4, -0.2) is 30.6 Å². The number of amides is 1. The molecule has 0 unspecified atom stereocenters. The van der Waals surface area contributed by atoms with E-state index in [1.165, 1.54) is 13.2 Å². The van der Waals surface area contributed by atoms with E-state index in [2.05, 4.69) is 12.2 Å². The summed E-state index contributed by atoms with van der Waals surface area (Å²) in [4.78, 5) is 23.2. The molecular formula is C17H23NO4. The van der Waals surface area contributed by atoms with E-state index in [1.807, 2.05) is 0 Å². The first kappa shape index (κ1) is 16.3. The molecule has 5 nitrogen and oxygen atoms in total. The van der Waals surface area contributed by atoms with Crippen molar-refractivity contribution in [1.29, 1.82) is 0 Å². The van der Waals surface area contributed by atoms with Gasteiger partial charge in [0.25, 0.3) is 0 Å². The Morgan fingerprint density at radius 2 is 2.09 bits per heavy atom. The highest BCUT2D eigenvalue weighted by atomic mass is 16.5. The maximum absolute atomic E-state index is 12.2. The minimum atomic E-state index is -0.979. The first-order valence-corrected chi connectivity index (χ1v) is 7.71. The van der Waals surface area contributed by atoms with Gasteiger partial charge in [0.05, 0.1) is 12.7 Å². The van der Waals surface area contributed by atoms with Crippen molar-refractivity contribution in [3.63, 3.8) is 0 Å². The molecule has 5 heteroatoms. The van der Waals surface area contributed by atoms with E-state index in [4.69, 9.17) is 9.84 Å². The van der Waals surface area contributed by atoms with E-state index < -0.39 is 5.97 Å². The standard InChI is InChI=1S/C17H23NO4/c1-3-17(8-4-9-17)16(21)18-10-7-12-5-6-13(15(19)20)11-14(12)22-2/h5-6,11H,3-4,7-10H2,1-2H3,(H,18,21)(H,19,20). The Labute approximate surface area is 130 Å². The number of aromatic carboxylic acids is 1. The molecule has 0 saturated heterocycles. The van der Waals surface area contributed by atoms with Crippen LogP contribution in [0.1, 0.15) is 48.5 Å². The van der Waals surface area contributed by atoms with E-state index in [9.17, 15) is 9.59 Å². The third kappa shape index (κ3) is 3.24. The van der Waals surface area contributed by atoms with E-state index >= 15 is 0 Å². The van der Waals surface area contributed by atoms with Crippen LogP contribution in [0, 0.1) is 5.41 Å². The van der Waals surface area contributed by atoms with Crippen LogP contribution < -0.4 is 10.1 Å². The van der Waals surface area contributed by atoms with Gasteiger partial charge in [-0.1, -0.05) is 19.4 Å². The minimum absolute atomic E-state index is 0.141. The Bertz CT molecular complexity index is 558. The maximum Gasteiger partial charge on any atom is 0.335 e. The molecule has 0 atom stereocenters. The predicted molar refractivity (Wildman–Crippen MR) is 83.2 cm³/mol. The van der Waals surface area contributed by atoms with Crippen LogP contribution in [0.5, 0.6) is 5.75 Å². The molecule has 2 N–H and O–H groups in total.